The molecular weight excluding hydrogens is 296 g/mol. The van der Waals surface area contributed by atoms with E-state index < -0.39 is 0 Å². The maximum Gasteiger partial charge on any atom is 0.185 e. The largest absolute Gasteiger partial charge is 0.388 e. The third kappa shape index (κ3) is 3.57. The van der Waals surface area contributed by atoms with Crippen molar-refractivity contribution in [3.63, 3.8) is 0 Å². The number of ketones is 1. The quantitative estimate of drug-likeness (QED) is 0.810. The zero-order valence-electron chi connectivity index (χ0n) is 14.1. The number of benzene rings is 2. The Morgan fingerprint density at radius 3 is 1.42 bits per heavy atom. The molecular formula is C21H22N2O. The Balaban J connectivity index is 1.78. The van der Waals surface area contributed by atoms with Gasteiger partial charge in [-0.2, -0.15) is 0 Å². The summed E-state index contributed by atoms with van der Waals surface area (Å²) in [6, 6.07) is 16.2. The molecule has 0 unspecified atom stereocenters. The molecule has 0 radical (unpaired) electrons. The fourth-order valence-electron chi connectivity index (χ4n) is 2.87. The normalized spacial score (nSPS) is 17.5. The summed E-state index contributed by atoms with van der Waals surface area (Å²) in [7, 11) is 3.79. The molecule has 0 spiro atoms. The van der Waals surface area contributed by atoms with Gasteiger partial charge in [0.2, 0.25) is 0 Å². The van der Waals surface area contributed by atoms with Crippen molar-refractivity contribution in [2.24, 2.45) is 0 Å². The van der Waals surface area contributed by atoms with Gasteiger partial charge in [0.25, 0.3) is 0 Å². The lowest BCUT2D eigenvalue weighted by Crippen LogP contribution is -1.96. The van der Waals surface area contributed by atoms with Crippen molar-refractivity contribution < 1.29 is 4.79 Å². The molecule has 0 aromatic heterocycles. The van der Waals surface area contributed by atoms with Gasteiger partial charge in [0.15, 0.2) is 5.78 Å². The Morgan fingerprint density at radius 2 is 1.08 bits per heavy atom. The van der Waals surface area contributed by atoms with Gasteiger partial charge in [-0.3, -0.25) is 4.79 Å². The molecule has 3 rings (SSSR count). The third-order valence-electron chi connectivity index (χ3n) is 4.33. The summed E-state index contributed by atoms with van der Waals surface area (Å²) in [4.78, 5) is 12.6. The first kappa shape index (κ1) is 16.1. The minimum atomic E-state index is 0.172. The van der Waals surface area contributed by atoms with Crippen LogP contribution in [0.2, 0.25) is 0 Å². The highest BCUT2D eigenvalue weighted by molar-refractivity contribution is 6.15. The summed E-state index contributed by atoms with van der Waals surface area (Å²) in [6.07, 6.45) is 5.64. The molecule has 24 heavy (non-hydrogen) atoms. The minimum Gasteiger partial charge on any atom is -0.388 e. The van der Waals surface area contributed by atoms with E-state index in [1.165, 1.54) is 0 Å². The van der Waals surface area contributed by atoms with Gasteiger partial charge in [-0.25, -0.2) is 0 Å². The standard InChI is InChI=1S/C21H22N2O/c1-22-19-9-3-15(4-10-19)13-17-7-8-18(21(17)24)14-16-5-11-20(23-2)12-6-16/h3-6,9-14,22-23H,7-8H2,1-2H3. The molecule has 3 heteroatoms. The van der Waals surface area contributed by atoms with Gasteiger partial charge < -0.3 is 10.6 Å². The summed E-state index contributed by atoms with van der Waals surface area (Å²) in [5.74, 6) is 0.172. The molecule has 0 aliphatic heterocycles. The first-order valence-corrected chi connectivity index (χ1v) is 8.21. The fourth-order valence-corrected chi connectivity index (χ4v) is 2.87. The van der Waals surface area contributed by atoms with Crippen molar-refractivity contribution in [2.75, 3.05) is 24.7 Å². The lowest BCUT2D eigenvalue weighted by Gasteiger charge is -2.01. The van der Waals surface area contributed by atoms with Crippen LogP contribution in [0.4, 0.5) is 11.4 Å². The predicted octanol–water partition coefficient (Wildman–Crippen LogP) is 4.60. The van der Waals surface area contributed by atoms with Crippen LogP contribution in [0.15, 0.2) is 59.7 Å². The number of rotatable bonds is 4. The Labute approximate surface area is 143 Å². The number of Topliss-reactive ketones (excluding diaryl/α,β-unsaturated/α-hetero) is 1. The molecule has 1 saturated carbocycles. The van der Waals surface area contributed by atoms with E-state index in [2.05, 4.69) is 10.6 Å². The molecule has 3 nitrogen and oxygen atoms in total. The van der Waals surface area contributed by atoms with Crippen LogP contribution in [-0.2, 0) is 4.79 Å². The van der Waals surface area contributed by atoms with Crippen molar-refractivity contribution in [2.45, 2.75) is 12.8 Å². The van der Waals surface area contributed by atoms with Crippen LogP contribution in [-0.4, -0.2) is 19.9 Å². The highest BCUT2D eigenvalue weighted by atomic mass is 16.1. The molecule has 1 aliphatic rings. The lowest BCUT2D eigenvalue weighted by atomic mass is 10.1. The molecule has 0 saturated heterocycles. The van der Waals surface area contributed by atoms with Crippen LogP contribution in [0.25, 0.3) is 12.2 Å². The third-order valence-corrected chi connectivity index (χ3v) is 4.33. The van der Waals surface area contributed by atoms with E-state index in [9.17, 15) is 4.79 Å². The van der Waals surface area contributed by atoms with Crippen molar-refractivity contribution in [1.82, 2.24) is 0 Å². The second-order valence-electron chi connectivity index (χ2n) is 5.91. The van der Waals surface area contributed by atoms with Gasteiger partial charge in [-0.15, -0.1) is 0 Å². The van der Waals surface area contributed by atoms with E-state index in [0.29, 0.717) is 0 Å². The molecule has 1 aliphatic carbocycles. The average Bonchev–Trinajstić information content (AvgIpc) is 2.96. The zero-order chi connectivity index (χ0) is 16.9. The first-order valence-electron chi connectivity index (χ1n) is 8.21. The van der Waals surface area contributed by atoms with Crippen molar-refractivity contribution in [3.8, 4) is 0 Å². The van der Waals surface area contributed by atoms with E-state index in [4.69, 9.17) is 0 Å². The number of anilines is 2. The van der Waals surface area contributed by atoms with Crippen LogP contribution < -0.4 is 10.6 Å². The van der Waals surface area contributed by atoms with Crippen molar-refractivity contribution in [3.05, 3.63) is 70.8 Å². The van der Waals surface area contributed by atoms with Gasteiger partial charge >= 0.3 is 0 Å². The second-order valence-corrected chi connectivity index (χ2v) is 5.91. The zero-order valence-corrected chi connectivity index (χ0v) is 14.1. The Morgan fingerprint density at radius 1 is 0.708 bits per heavy atom. The summed E-state index contributed by atoms with van der Waals surface area (Å²) in [5.41, 5.74) is 6.06. The van der Waals surface area contributed by atoms with Crippen molar-refractivity contribution in [1.29, 1.82) is 0 Å². The van der Waals surface area contributed by atoms with Crippen LogP contribution in [0.1, 0.15) is 24.0 Å². The molecule has 0 heterocycles. The minimum absolute atomic E-state index is 0.172. The van der Waals surface area contributed by atoms with Crippen LogP contribution >= 0.6 is 0 Å². The second kappa shape index (κ2) is 7.18. The SMILES string of the molecule is CNc1ccc(C=C2CCC(=Cc3ccc(NC)cc3)C2=O)cc1. The highest BCUT2D eigenvalue weighted by Crippen LogP contribution is 2.29. The van der Waals surface area contributed by atoms with E-state index in [1.807, 2.05) is 74.8 Å². The lowest BCUT2D eigenvalue weighted by molar-refractivity contribution is -0.111. The van der Waals surface area contributed by atoms with Crippen LogP contribution in [0.5, 0.6) is 0 Å². The number of hydrogen-bond acceptors (Lipinski definition) is 3. The van der Waals surface area contributed by atoms with Gasteiger partial charge in [-0.1, -0.05) is 24.3 Å². The maximum absolute atomic E-state index is 12.6. The molecule has 0 amide bonds. The molecule has 1 fully saturated rings. The topological polar surface area (TPSA) is 41.1 Å². The molecule has 0 atom stereocenters. The van der Waals surface area contributed by atoms with Crippen molar-refractivity contribution >= 4 is 29.3 Å². The van der Waals surface area contributed by atoms with E-state index in [0.717, 1.165) is 46.5 Å². The van der Waals surface area contributed by atoms with Gasteiger partial charge in [0, 0.05) is 36.6 Å². The van der Waals surface area contributed by atoms with E-state index >= 15 is 0 Å². The van der Waals surface area contributed by atoms with E-state index in [-0.39, 0.29) is 5.78 Å². The predicted molar refractivity (Wildman–Crippen MR) is 102 cm³/mol. The fraction of sp³-hybridized carbons (Fsp3) is 0.190. The number of nitrogens with one attached hydrogen (secondary N) is 2. The Kier molecular flexibility index (Phi) is 4.80. The summed E-state index contributed by atoms with van der Waals surface area (Å²) in [6.45, 7) is 0. The smallest absolute Gasteiger partial charge is 0.185 e. The number of allylic oxidation sites excluding steroid dienone is 2. The summed E-state index contributed by atoms with van der Waals surface area (Å²) >= 11 is 0. The number of carbonyl (C=O) groups excluding carboxylic acids is 1. The molecule has 122 valence electrons. The van der Waals surface area contributed by atoms with Gasteiger partial charge in [0.1, 0.15) is 0 Å². The number of carbonyl (C=O) groups is 1. The summed E-state index contributed by atoms with van der Waals surface area (Å²) < 4.78 is 0. The molecule has 2 N–H and O–H groups in total. The molecule has 2 aromatic rings. The maximum atomic E-state index is 12.6. The average molecular weight is 318 g/mol. The van der Waals surface area contributed by atoms with Crippen LogP contribution in [0, 0.1) is 0 Å². The number of hydrogen-bond donors (Lipinski definition) is 2. The highest BCUT2D eigenvalue weighted by Gasteiger charge is 2.22. The van der Waals surface area contributed by atoms with Gasteiger partial charge in [-0.05, 0) is 60.4 Å². The Bertz CT molecular complexity index is 716. The van der Waals surface area contributed by atoms with E-state index in [1.54, 1.807) is 0 Å². The first-order chi connectivity index (χ1) is 11.7. The van der Waals surface area contributed by atoms with Gasteiger partial charge in [0.05, 0.1) is 0 Å². The monoisotopic (exact) mass is 318 g/mol. The van der Waals surface area contributed by atoms with Crippen LogP contribution in [0.3, 0.4) is 0 Å². The summed E-state index contributed by atoms with van der Waals surface area (Å²) in [5, 5.41) is 6.20. The molecule has 0 bridgehead atoms. The Hall–Kier alpha value is -2.81. The molecule has 2 aromatic carbocycles.